The van der Waals surface area contributed by atoms with Crippen molar-refractivity contribution in [2.24, 2.45) is 0 Å². The van der Waals surface area contributed by atoms with E-state index in [0.29, 0.717) is 0 Å². The van der Waals surface area contributed by atoms with Crippen LogP contribution in [0.15, 0.2) is 243 Å². The molecule has 282 valence electrons. The van der Waals surface area contributed by atoms with E-state index in [1.54, 1.807) is 0 Å². The van der Waals surface area contributed by atoms with E-state index in [-0.39, 0.29) is 0 Å². The lowest BCUT2D eigenvalue weighted by atomic mass is 9.97. The molecule has 0 N–H and O–H groups in total. The Morgan fingerprint density at radius 3 is 1.47 bits per heavy atom. The third-order valence-corrected chi connectivity index (χ3v) is 11.8. The second-order valence-electron chi connectivity index (χ2n) is 15.3. The van der Waals surface area contributed by atoms with Crippen LogP contribution in [0.2, 0.25) is 0 Å². The second kappa shape index (κ2) is 15.1. The van der Waals surface area contributed by atoms with Gasteiger partial charge in [0.15, 0.2) is 0 Å². The summed E-state index contributed by atoms with van der Waals surface area (Å²) < 4.78 is 2.46. The molecule has 0 aliphatic rings. The number of anilines is 3. The van der Waals surface area contributed by atoms with Gasteiger partial charge in [0.05, 0.1) is 22.4 Å². The first-order valence-electron chi connectivity index (χ1n) is 20.6. The van der Waals surface area contributed by atoms with E-state index >= 15 is 0 Å². The average Bonchev–Trinajstić information content (AvgIpc) is 3.66. The van der Waals surface area contributed by atoms with Gasteiger partial charge in [-0.3, -0.25) is 0 Å². The van der Waals surface area contributed by atoms with E-state index in [0.717, 1.165) is 33.9 Å². The highest BCUT2D eigenvalue weighted by atomic mass is 15.1. The lowest BCUT2D eigenvalue weighted by Gasteiger charge is -2.29. The summed E-state index contributed by atoms with van der Waals surface area (Å²) in [6.45, 7) is 0. The van der Waals surface area contributed by atoms with Crippen LogP contribution < -0.4 is 4.90 Å². The number of fused-ring (bicyclic) bond motifs is 4. The first-order valence-corrected chi connectivity index (χ1v) is 20.6. The molecule has 60 heavy (non-hydrogen) atoms. The van der Waals surface area contributed by atoms with Gasteiger partial charge in [-0.05, 0) is 98.8 Å². The molecule has 0 amide bonds. The van der Waals surface area contributed by atoms with Gasteiger partial charge in [-0.25, -0.2) is 0 Å². The maximum absolute atomic E-state index is 2.46. The quantitative estimate of drug-likeness (QED) is 0.150. The second-order valence-corrected chi connectivity index (χ2v) is 15.3. The maximum Gasteiger partial charge on any atom is 0.0541 e. The van der Waals surface area contributed by atoms with Crippen LogP contribution in [0.1, 0.15) is 0 Å². The van der Waals surface area contributed by atoms with E-state index in [1.807, 2.05) is 0 Å². The van der Waals surface area contributed by atoms with Crippen LogP contribution in [0.4, 0.5) is 17.1 Å². The number of nitrogens with zero attached hydrogens (tertiary/aromatic N) is 2. The molecular weight excluding hydrogens is 725 g/mol. The molecule has 2 heteroatoms. The molecule has 0 saturated heterocycles. The number of benzene rings is 10. The third-order valence-electron chi connectivity index (χ3n) is 11.8. The Kier molecular flexibility index (Phi) is 8.87. The molecule has 0 atom stereocenters. The summed E-state index contributed by atoms with van der Waals surface area (Å²) in [6, 6.07) is 87.9. The number of aromatic nitrogens is 1. The minimum Gasteiger partial charge on any atom is -0.310 e. The van der Waals surface area contributed by atoms with Crippen LogP contribution in [-0.4, -0.2) is 4.57 Å². The Bertz CT molecular complexity index is 3200. The number of hydrogen-bond acceptors (Lipinski definition) is 1. The minimum atomic E-state index is 1.09. The SMILES string of the molecule is c1ccc(-c2ccc(N(c3ccc(-c4ccccc4)cc3)c3ccccc3-c3ccccc3-n3c4ccccc4c4cc(-c5cccc6ccccc56)ccc43)cc2)cc1. The van der Waals surface area contributed by atoms with Crippen molar-refractivity contribution < 1.29 is 0 Å². The summed E-state index contributed by atoms with van der Waals surface area (Å²) in [4.78, 5) is 2.40. The van der Waals surface area contributed by atoms with Gasteiger partial charge < -0.3 is 9.47 Å². The van der Waals surface area contributed by atoms with Crippen LogP contribution in [0.3, 0.4) is 0 Å². The van der Waals surface area contributed by atoms with E-state index in [9.17, 15) is 0 Å². The number of rotatable bonds is 8. The highest BCUT2D eigenvalue weighted by Gasteiger charge is 2.22. The van der Waals surface area contributed by atoms with Crippen LogP contribution in [0, 0.1) is 0 Å². The molecule has 0 aliphatic carbocycles. The van der Waals surface area contributed by atoms with Gasteiger partial charge in [-0.2, -0.15) is 0 Å². The van der Waals surface area contributed by atoms with Crippen LogP contribution >= 0.6 is 0 Å². The predicted molar refractivity (Wildman–Crippen MR) is 255 cm³/mol. The Balaban J connectivity index is 1.08. The fourth-order valence-electron chi connectivity index (χ4n) is 8.96. The Labute approximate surface area is 350 Å². The molecule has 0 bridgehead atoms. The Hall–Kier alpha value is -7.94. The summed E-state index contributed by atoms with van der Waals surface area (Å²) in [5.74, 6) is 0. The maximum atomic E-state index is 2.46. The van der Waals surface area contributed by atoms with Gasteiger partial charge in [-0.15, -0.1) is 0 Å². The van der Waals surface area contributed by atoms with Gasteiger partial charge in [0.25, 0.3) is 0 Å². The van der Waals surface area contributed by atoms with E-state index in [1.165, 1.54) is 66.0 Å². The summed E-state index contributed by atoms with van der Waals surface area (Å²) in [5.41, 5.74) is 16.3. The van der Waals surface area contributed by atoms with Gasteiger partial charge in [0.2, 0.25) is 0 Å². The molecule has 0 fully saturated rings. The first-order chi connectivity index (χ1) is 29.8. The molecule has 10 aromatic carbocycles. The fraction of sp³-hybridized carbons (Fsp3) is 0. The Morgan fingerprint density at radius 2 is 0.767 bits per heavy atom. The highest BCUT2D eigenvalue weighted by Crippen LogP contribution is 2.45. The molecule has 0 radical (unpaired) electrons. The number of para-hydroxylation sites is 3. The van der Waals surface area contributed by atoms with Gasteiger partial charge >= 0.3 is 0 Å². The molecule has 0 aliphatic heterocycles. The Morgan fingerprint density at radius 1 is 0.283 bits per heavy atom. The zero-order valence-electron chi connectivity index (χ0n) is 33.0. The van der Waals surface area contributed by atoms with Crippen molar-refractivity contribution >= 4 is 49.6 Å². The van der Waals surface area contributed by atoms with Crippen LogP contribution in [0.25, 0.3) is 82.8 Å². The third kappa shape index (κ3) is 6.23. The van der Waals surface area contributed by atoms with E-state index in [4.69, 9.17) is 0 Å². The molecular formula is C58H40N2. The summed E-state index contributed by atoms with van der Waals surface area (Å²) in [5, 5.41) is 4.98. The smallest absolute Gasteiger partial charge is 0.0541 e. The standard InChI is InChI=1S/C58H40N2/c1-3-16-41(17-4-1)43-30-35-47(36-31-43)59(48-37-32-44(33-38-48)42-18-5-2-6-19-42)55-27-12-9-23-51(55)52-24-10-13-28-56(52)60-57-29-14-11-25-53(57)54-40-46(34-39-58(54)60)50-26-15-21-45-20-7-8-22-49(45)50/h1-40H. The average molecular weight is 765 g/mol. The van der Waals surface area contributed by atoms with E-state index in [2.05, 4.69) is 252 Å². The predicted octanol–water partition coefficient (Wildman–Crippen LogP) is 16.1. The summed E-state index contributed by atoms with van der Waals surface area (Å²) >= 11 is 0. The van der Waals surface area contributed by atoms with Crippen molar-refractivity contribution in [2.45, 2.75) is 0 Å². The monoisotopic (exact) mass is 764 g/mol. The van der Waals surface area contributed by atoms with Crippen molar-refractivity contribution in [3.05, 3.63) is 243 Å². The van der Waals surface area contributed by atoms with Crippen molar-refractivity contribution in [1.82, 2.24) is 4.57 Å². The lowest BCUT2D eigenvalue weighted by molar-refractivity contribution is 1.18. The molecule has 1 aromatic heterocycles. The number of hydrogen-bond donors (Lipinski definition) is 0. The molecule has 2 nitrogen and oxygen atoms in total. The van der Waals surface area contributed by atoms with Crippen molar-refractivity contribution in [1.29, 1.82) is 0 Å². The van der Waals surface area contributed by atoms with Gasteiger partial charge in [0.1, 0.15) is 0 Å². The first kappa shape index (κ1) is 35.2. The van der Waals surface area contributed by atoms with E-state index < -0.39 is 0 Å². The normalized spacial score (nSPS) is 11.3. The zero-order chi connectivity index (χ0) is 39.8. The largest absolute Gasteiger partial charge is 0.310 e. The summed E-state index contributed by atoms with van der Waals surface area (Å²) in [7, 11) is 0. The van der Waals surface area contributed by atoms with Crippen LogP contribution in [-0.2, 0) is 0 Å². The topological polar surface area (TPSA) is 8.17 Å². The minimum absolute atomic E-state index is 1.09. The summed E-state index contributed by atoms with van der Waals surface area (Å²) in [6.07, 6.45) is 0. The molecule has 0 unspecified atom stereocenters. The van der Waals surface area contributed by atoms with Crippen molar-refractivity contribution in [2.75, 3.05) is 4.90 Å². The molecule has 11 rings (SSSR count). The molecule has 0 spiro atoms. The molecule has 11 aromatic rings. The van der Waals surface area contributed by atoms with Crippen molar-refractivity contribution in [3.8, 4) is 50.2 Å². The van der Waals surface area contributed by atoms with Crippen molar-refractivity contribution in [3.63, 3.8) is 0 Å². The van der Waals surface area contributed by atoms with Gasteiger partial charge in [0, 0.05) is 33.3 Å². The lowest BCUT2D eigenvalue weighted by Crippen LogP contribution is -2.11. The van der Waals surface area contributed by atoms with Crippen LogP contribution in [0.5, 0.6) is 0 Å². The fourth-order valence-corrected chi connectivity index (χ4v) is 8.96. The molecule has 0 saturated carbocycles. The highest BCUT2D eigenvalue weighted by molar-refractivity contribution is 6.12. The molecule has 1 heterocycles. The van der Waals surface area contributed by atoms with Gasteiger partial charge in [-0.1, -0.05) is 188 Å². The zero-order valence-corrected chi connectivity index (χ0v) is 33.0.